The smallest absolute Gasteiger partial charge is 0.234 e. The Balaban J connectivity index is 2.38. The van der Waals surface area contributed by atoms with Gasteiger partial charge in [0.2, 0.25) is 5.91 Å². The molecule has 3 atom stereocenters. The number of amides is 1. The van der Waals surface area contributed by atoms with E-state index in [4.69, 9.17) is 0 Å². The lowest BCUT2D eigenvalue weighted by Crippen LogP contribution is -2.47. The van der Waals surface area contributed by atoms with Crippen LogP contribution in [-0.4, -0.2) is 28.0 Å². The fraction of sp³-hybridized carbons (Fsp3) is 0.900. The highest BCUT2D eigenvalue weighted by atomic mass is 79.9. The van der Waals surface area contributed by atoms with Crippen molar-refractivity contribution >= 4 is 21.8 Å². The van der Waals surface area contributed by atoms with Gasteiger partial charge in [-0.05, 0) is 19.3 Å². The lowest BCUT2D eigenvalue weighted by molar-refractivity contribution is -0.122. The van der Waals surface area contributed by atoms with Crippen LogP contribution in [-0.2, 0) is 4.79 Å². The number of aliphatic hydroxyl groups excluding tert-OH is 1. The van der Waals surface area contributed by atoms with Crippen molar-refractivity contribution in [2.75, 3.05) is 0 Å². The van der Waals surface area contributed by atoms with E-state index in [-0.39, 0.29) is 22.9 Å². The molecular weight excluding hydrogens is 246 g/mol. The fourth-order valence-corrected chi connectivity index (χ4v) is 1.87. The zero-order valence-electron chi connectivity index (χ0n) is 8.50. The quantitative estimate of drug-likeness (QED) is 0.760. The lowest BCUT2D eigenvalue weighted by Gasteiger charge is -2.28. The summed E-state index contributed by atoms with van der Waals surface area (Å²) in [7, 11) is 0. The first-order chi connectivity index (χ1) is 6.65. The van der Waals surface area contributed by atoms with Crippen molar-refractivity contribution in [3.05, 3.63) is 0 Å². The molecule has 3 nitrogen and oxygen atoms in total. The summed E-state index contributed by atoms with van der Waals surface area (Å²) in [6, 6.07) is -0.0390. The van der Waals surface area contributed by atoms with Crippen LogP contribution in [0.2, 0.25) is 0 Å². The Morgan fingerprint density at radius 3 is 2.79 bits per heavy atom. The number of carbonyl (C=O) groups is 1. The van der Waals surface area contributed by atoms with Crippen molar-refractivity contribution in [2.45, 2.75) is 56.0 Å². The van der Waals surface area contributed by atoms with Crippen molar-refractivity contribution < 1.29 is 9.90 Å². The van der Waals surface area contributed by atoms with Gasteiger partial charge in [-0.25, -0.2) is 0 Å². The summed E-state index contributed by atoms with van der Waals surface area (Å²) >= 11 is 3.30. The van der Waals surface area contributed by atoms with Crippen molar-refractivity contribution in [2.24, 2.45) is 0 Å². The molecule has 1 aliphatic rings. The second kappa shape index (κ2) is 5.71. The standard InChI is InChI=1S/C10H18BrNO2/c1-2-7(11)10(14)12-8-5-3-4-6-9(8)13/h7-9,13H,2-6H2,1H3,(H,12,14)/t7?,8-,9-/m1/s1. The van der Waals surface area contributed by atoms with Crippen molar-refractivity contribution in [3.8, 4) is 0 Å². The zero-order valence-corrected chi connectivity index (χ0v) is 10.1. The maximum Gasteiger partial charge on any atom is 0.234 e. The number of alkyl halides is 1. The van der Waals surface area contributed by atoms with Crippen LogP contribution in [0.25, 0.3) is 0 Å². The fourth-order valence-electron chi connectivity index (χ4n) is 1.74. The molecule has 82 valence electrons. The zero-order chi connectivity index (χ0) is 10.6. The number of hydrogen-bond acceptors (Lipinski definition) is 2. The van der Waals surface area contributed by atoms with E-state index in [9.17, 15) is 9.90 Å². The third-order valence-electron chi connectivity index (χ3n) is 2.70. The molecule has 14 heavy (non-hydrogen) atoms. The summed E-state index contributed by atoms with van der Waals surface area (Å²) in [5, 5.41) is 12.5. The third kappa shape index (κ3) is 3.24. The van der Waals surface area contributed by atoms with E-state index in [1.54, 1.807) is 0 Å². The maximum atomic E-state index is 11.5. The summed E-state index contributed by atoms with van der Waals surface area (Å²) in [6.07, 6.45) is 4.29. The SMILES string of the molecule is CCC(Br)C(=O)N[C@@H]1CCCC[C@H]1O. The maximum absolute atomic E-state index is 11.5. The van der Waals surface area contributed by atoms with Crippen LogP contribution in [0.15, 0.2) is 0 Å². The minimum Gasteiger partial charge on any atom is -0.391 e. The molecule has 0 saturated heterocycles. The molecule has 1 aliphatic carbocycles. The molecular formula is C10H18BrNO2. The Labute approximate surface area is 93.4 Å². The third-order valence-corrected chi connectivity index (χ3v) is 3.76. The Hall–Kier alpha value is -0.0900. The summed E-state index contributed by atoms with van der Waals surface area (Å²) in [5.41, 5.74) is 0. The van der Waals surface area contributed by atoms with Crippen LogP contribution in [0.5, 0.6) is 0 Å². The molecule has 0 spiro atoms. The van der Waals surface area contributed by atoms with Gasteiger partial charge in [-0.15, -0.1) is 0 Å². The van der Waals surface area contributed by atoms with Crippen LogP contribution >= 0.6 is 15.9 Å². The van der Waals surface area contributed by atoms with E-state index in [1.807, 2.05) is 6.92 Å². The Morgan fingerprint density at radius 1 is 1.57 bits per heavy atom. The van der Waals surface area contributed by atoms with Gasteiger partial charge < -0.3 is 10.4 Å². The predicted octanol–water partition coefficient (Wildman–Crippen LogP) is 1.58. The molecule has 1 amide bonds. The Bertz CT molecular complexity index is 199. The summed E-state index contributed by atoms with van der Waals surface area (Å²) in [4.78, 5) is 11.4. The van der Waals surface area contributed by atoms with Gasteiger partial charge in [-0.2, -0.15) is 0 Å². The number of aliphatic hydroxyl groups is 1. The van der Waals surface area contributed by atoms with E-state index >= 15 is 0 Å². The minimum atomic E-state index is -0.357. The monoisotopic (exact) mass is 263 g/mol. The molecule has 0 aromatic heterocycles. The first-order valence-electron chi connectivity index (χ1n) is 5.27. The molecule has 0 aliphatic heterocycles. The molecule has 1 rings (SSSR count). The number of carbonyl (C=O) groups excluding carboxylic acids is 1. The normalized spacial score (nSPS) is 29.6. The van der Waals surface area contributed by atoms with Gasteiger partial charge >= 0.3 is 0 Å². The average Bonchev–Trinajstić information content (AvgIpc) is 2.20. The minimum absolute atomic E-state index is 0.00144. The van der Waals surface area contributed by atoms with E-state index in [0.29, 0.717) is 0 Å². The van der Waals surface area contributed by atoms with Gasteiger partial charge in [0.15, 0.2) is 0 Å². The van der Waals surface area contributed by atoms with Gasteiger partial charge in [-0.3, -0.25) is 4.79 Å². The van der Waals surface area contributed by atoms with E-state index in [1.165, 1.54) is 0 Å². The molecule has 1 saturated carbocycles. The van der Waals surface area contributed by atoms with Gasteiger partial charge in [0.1, 0.15) is 0 Å². The first-order valence-corrected chi connectivity index (χ1v) is 6.19. The number of rotatable bonds is 3. The van der Waals surface area contributed by atoms with Crippen LogP contribution in [0.1, 0.15) is 39.0 Å². The molecule has 0 aromatic rings. The van der Waals surface area contributed by atoms with Crippen LogP contribution in [0.4, 0.5) is 0 Å². The summed E-state index contributed by atoms with van der Waals surface area (Å²) < 4.78 is 0. The average molecular weight is 264 g/mol. The number of hydrogen-bond donors (Lipinski definition) is 2. The van der Waals surface area contributed by atoms with E-state index < -0.39 is 0 Å². The van der Waals surface area contributed by atoms with Crippen molar-refractivity contribution in [1.29, 1.82) is 0 Å². The topological polar surface area (TPSA) is 49.3 Å². The van der Waals surface area contributed by atoms with Gasteiger partial charge in [-0.1, -0.05) is 35.7 Å². The first kappa shape index (κ1) is 12.0. The van der Waals surface area contributed by atoms with E-state index in [0.717, 1.165) is 32.1 Å². The highest BCUT2D eigenvalue weighted by Gasteiger charge is 2.25. The van der Waals surface area contributed by atoms with Gasteiger partial charge in [0.25, 0.3) is 0 Å². The predicted molar refractivity (Wildman–Crippen MR) is 59.4 cm³/mol. The van der Waals surface area contributed by atoms with Crippen LogP contribution < -0.4 is 5.32 Å². The molecule has 2 N–H and O–H groups in total. The summed E-state index contributed by atoms with van der Waals surface area (Å²) in [5.74, 6) is -0.00144. The summed E-state index contributed by atoms with van der Waals surface area (Å²) in [6.45, 7) is 1.95. The van der Waals surface area contributed by atoms with Gasteiger partial charge in [0, 0.05) is 0 Å². The molecule has 0 bridgehead atoms. The highest BCUT2D eigenvalue weighted by molar-refractivity contribution is 9.10. The molecule has 4 heteroatoms. The molecule has 1 unspecified atom stereocenters. The Morgan fingerprint density at radius 2 is 2.21 bits per heavy atom. The lowest BCUT2D eigenvalue weighted by atomic mass is 9.92. The largest absolute Gasteiger partial charge is 0.391 e. The molecule has 1 fully saturated rings. The number of nitrogens with one attached hydrogen (secondary N) is 1. The molecule has 0 aromatic carbocycles. The number of halogens is 1. The van der Waals surface area contributed by atoms with E-state index in [2.05, 4.69) is 21.2 Å². The second-order valence-electron chi connectivity index (χ2n) is 3.84. The van der Waals surface area contributed by atoms with Gasteiger partial charge in [0.05, 0.1) is 17.0 Å². The Kier molecular flexibility index (Phi) is 4.89. The van der Waals surface area contributed by atoms with Crippen LogP contribution in [0.3, 0.4) is 0 Å². The van der Waals surface area contributed by atoms with Crippen LogP contribution in [0, 0.1) is 0 Å². The highest BCUT2D eigenvalue weighted by Crippen LogP contribution is 2.19. The molecule has 0 heterocycles. The second-order valence-corrected chi connectivity index (χ2v) is 4.95. The van der Waals surface area contributed by atoms with Crippen molar-refractivity contribution in [1.82, 2.24) is 5.32 Å². The molecule has 0 radical (unpaired) electrons. The van der Waals surface area contributed by atoms with Crippen molar-refractivity contribution in [3.63, 3.8) is 0 Å².